The number of aryl methyl sites for hydroxylation is 1. The zero-order chi connectivity index (χ0) is 29.7. The van der Waals surface area contributed by atoms with Gasteiger partial charge in [-0.15, -0.1) is 0 Å². The number of H-pyrrole nitrogens is 1. The Morgan fingerprint density at radius 3 is 1.58 bits per heavy atom. The molecule has 0 fully saturated rings. The fourth-order valence-corrected chi connectivity index (χ4v) is 3.24. The molecule has 0 saturated carbocycles. The molecule has 0 radical (unpaired) electrons. The van der Waals surface area contributed by atoms with Gasteiger partial charge in [0.15, 0.2) is 5.78 Å². The van der Waals surface area contributed by atoms with E-state index in [0.717, 1.165) is 50.8 Å². The molecule has 0 bridgehead atoms. The van der Waals surface area contributed by atoms with Crippen LogP contribution < -0.4 is 14.8 Å². The van der Waals surface area contributed by atoms with Crippen LogP contribution in [0.3, 0.4) is 0 Å². The molecule has 2 aromatic carbocycles. The Morgan fingerprint density at radius 1 is 0.868 bits per heavy atom. The lowest BCUT2D eigenvalue weighted by molar-refractivity contribution is 0.101. The van der Waals surface area contributed by atoms with Crippen molar-refractivity contribution in [2.45, 2.75) is 48.5 Å². The largest absolute Gasteiger partial charge is 0.497 e. The minimum atomic E-state index is 0.0893. The zero-order valence-electron chi connectivity index (χ0n) is 25.1. The van der Waals surface area contributed by atoms with Crippen molar-refractivity contribution in [1.82, 2.24) is 10.3 Å². The molecule has 0 amide bonds. The van der Waals surface area contributed by atoms with Gasteiger partial charge in [-0.3, -0.25) is 4.79 Å². The molecule has 0 aliphatic rings. The fraction of sp³-hybridized carbons (Fsp3) is 0.303. The topological polar surface area (TPSA) is 63.4 Å². The number of aromatic amines is 1. The van der Waals surface area contributed by atoms with Gasteiger partial charge in [-0.1, -0.05) is 83.8 Å². The molecule has 1 heterocycles. The molecule has 38 heavy (non-hydrogen) atoms. The second kappa shape index (κ2) is 21.1. The van der Waals surface area contributed by atoms with E-state index in [1.165, 1.54) is 0 Å². The monoisotopic (exact) mass is 520 g/mol. The maximum Gasteiger partial charge on any atom is 0.161 e. The summed E-state index contributed by atoms with van der Waals surface area (Å²) < 4.78 is 10.0. The van der Waals surface area contributed by atoms with E-state index in [-0.39, 0.29) is 5.78 Å². The van der Waals surface area contributed by atoms with Gasteiger partial charge in [-0.05, 0) is 61.7 Å². The minimum absolute atomic E-state index is 0.0893. The molecule has 1 aromatic heterocycles. The van der Waals surface area contributed by atoms with Crippen molar-refractivity contribution >= 4 is 23.6 Å². The molecule has 3 rings (SSSR count). The predicted molar refractivity (Wildman–Crippen MR) is 167 cm³/mol. The van der Waals surface area contributed by atoms with Gasteiger partial charge in [0.2, 0.25) is 0 Å². The number of benzene rings is 2. The molecule has 2 N–H and O–H groups in total. The number of hydrogen-bond donors (Lipinski definition) is 2. The maximum absolute atomic E-state index is 11.3. The average molecular weight is 521 g/mol. The molecular weight excluding hydrogens is 472 g/mol. The quantitative estimate of drug-likeness (QED) is 0.306. The van der Waals surface area contributed by atoms with Gasteiger partial charge in [-0.25, -0.2) is 0 Å². The van der Waals surface area contributed by atoms with E-state index in [1.54, 1.807) is 33.3 Å². The van der Waals surface area contributed by atoms with E-state index in [0.29, 0.717) is 0 Å². The fourth-order valence-electron chi connectivity index (χ4n) is 3.24. The highest BCUT2D eigenvalue weighted by Gasteiger charge is 2.15. The summed E-state index contributed by atoms with van der Waals surface area (Å²) in [7, 11) is 5.12. The number of Topliss-reactive ketones (excluding diaryl/α,β-unsaturated/α-hetero) is 1. The molecule has 0 aliphatic heterocycles. The van der Waals surface area contributed by atoms with Crippen LogP contribution in [0.15, 0.2) is 68.3 Å². The molecule has 0 aliphatic carbocycles. The Labute approximate surface area is 231 Å². The number of aromatic nitrogens is 1. The van der Waals surface area contributed by atoms with E-state index in [9.17, 15) is 4.79 Å². The normalized spacial score (nSPS) is 8.68. The lowest BCUT2D eigenvalue weighted by atomic mass is 10.1. The van der Waals surface area contributed by atoms with Crippen LogP contribution in [0, 0.1) is 13.8 Å². The number of rotatable bonds is 7. The number of ether oxygens (including phenoxy) is 2. The van der Waals surface area contributed by atoms with Gasteiger partial charge >= 0.3 is 0 Å². The smallest absolute Gasteiger partial charge is 0.161 e. The molecule has 0 atom stereocenters. The summed E-state index contributed by atoms with van der Waals surface area (Å²) >= 11 is 0. The van der Waals surface area contributed by atoms with E-state index >= 15 is 0 Å². The van der Waals surface area contributed by atoms with Gasteiger partial charge < -0.3 is 19.8 Å². The van der Waals surface area contributed by atoms with Gasteiger partial charge in [0.05, 0.1) is 25.6 Å². The molecule has 3 aromatic rings. The van der Waals surface area contributed by atoms with Gasteiger partial charge in [0.25, 0.3) is 0 Å². The van der Waals surface area contributed by atoms with Crippen molar-refractivity contribution in [1.29, 1.82) is 0 Å². The number of hydrogen-bond acceptors (Lipinski definition) is 4. The number of methoxy groups -OCH3 is 2. The van der Waals surface area contributed by atoms with E-state index in [1.807, 2.05) is 97.1 Å². The number of ketones is 1. The van der Waals surface area contributed by atoms with Crippen molar-refractivity contribution in [3.63, 3.8) is 0 Å². The first-order valence-electron chi connectivity index (χ1n) is 12.8. The zero-order valence-corrected chi connectivity index (χ0v) is 25.1. The highest BCUT2D eigenvalue weighted by Crippen LogP contribution is 2.22. The van der Waals surface area contributed by atoms with Crippen molar-refractivity contribution in [3.05, 3.63) is 102 Å². The first kappa shape index (κ1) is 36.2. The van der Waals surface area contributed by atoms with Crippen LogP contribution in [0.1, 0.15) is 73.1 Å². The molecule has 5 nitrogen and oxygen atoms in total. The average Bonchev–Trinajstić information content (AvgIpc) is 3.28. The summed E-state index contributed by atoms with van der Waals surface area (Å²) in [6, 6.07) is 15.5. The van der Waals surface area contributed by atoms with Gasteiger partial charge in [0.1, 0.15) is 11.5 Å². The Kier molecular flexibility index (Phi) is 20.1. The Morgan fingerprint density at radius 2 is 1.29 bits per heavy atom. The van der Waals surface area contributed by atoms with Crippen LogP contribution >= 0.6 is 0 Å². The number of carbonyl (C=O) groups excluding carboxylic acids is 1. The molecule has 0 saturated heterocycles. The van der Waals surface area contributed by atoms with Crippen molar-refractivity contribution in [2.75, 3.05) is 21.3 Å². The summed E-state index contributed by atoms with van der Waals surface area (Å²) in [4.78, 5) is 14.5. The number of carbonyl (C=O) groups is 1. The maximum atomic E-state index is 11.3. The van der Waals surface area contributed by atoms with E-state index in [4.69, 9.17) is 9.47 Å². The van der Waals surface area contributed by atoms with Gasteiger partial charge in [-0.2, -0.15) is 0 Å². The standard InChI is InChI=1S/C11H16N2O.2C9H10O.2C2H6/c1-6-10(9(4)14)7(2)13-11(6)8(3)12-5;2*1-3-8-5-4-6-9(7-8)10-2;2*1-2/h12-13H,3H2,1-2,4-5H3;2*3-7H,1H2,2H3;2*1-2H3. The second-order valence-electron chi connectivity index (χ2n) is 7.37. The molecular formula is C33H48N2O3. The van der Waals surface area contributed by atoms with Crippen LogP contribution in [-0.4, -0.2) is 32.0 Å². The minimum Gasteiger partial charge on any atom is -0.497 e. The van der Waals surface area contributed by atoms with Crippen LogP contribution in [0.4, 0.5) is 0 Å². The third kappa shape index (κ3) is 12.3. The van der Waals surface area contributed by atoms with Gasteiger partial charge in [0, 0.05) is 18.3 Å². The first-order valence-corrected chi connectivity index (χ1v) is 12.8. The van der Waals surface area contributed by atoms with Crippen LogP contribution in [0.2, 0.25) is 0 Å². The van der Waals surface area contributed by atoms with Crippen molar-refractivity contribution < 1.29 is 14.3 Å². The molecule has 0 spiro atoms. The second-order valence-corrected chi connectivity index (χ2v) is 7.37. The van der Waals surface area contributed by atoms with Crippen LogP contribution in [0.25, 0.3) is 17.8 Å². The Bertz CT molecular complexity index is 1080. The summed E-state index contributed by atoms with van der Waals surface area (Å²) in [6.45, 7) is 24.6. The Hall–Kier alpha value is -3.99. The molecule has 5 heteroatoms. The highest BCUT2D eigenvalue weighted by molar-refractivity contribution is 5.98. The summed E-state index contributed by atoms with van der Waals surface area (Å²) in [5, 5.41) is 2.96. The van der Waals surface area contributed by atoms with Crippen LogP contribution in [0.5, 0.6) is 11.5 Å². The number of nitrogens with one attached hydrogen (secondary N) is 2. The summed E-state index contributed by atoms with van der Waals surface area (Å²) in [5.74, 6) is 1.83. The van der Waals surface area contributed by atoms with E-state index in [2.05, 4.69) is 30.0 Å². The lowest BCUT2D eigenvalue weighted by Crippen LogP contribution is -2.04. The third-order valence-electron chi connectivity index (χ3n) is 5.05. The SMILES string of the molecule is C=C(NC)c1[nH]c(C)c(C(C)=O)c1C.C=Cc1cccc(OC)c1.C=Cc1cccc(OC)c1.CC.CC. The molecule has 208 valence electrons. The highest BCUT2D eigenvalue weighted by atomic mass is 16.5. The summed E-state index contributed by atoms with van der Waals surface area (Å²) in [5.41, 5.74) is 6.53. The predicted octanol–water partition coefficient (Wildman–Crippen LogP) is 8.75. The van der Waals surface area contributed by atoms with Crippen LogP contribution in [-0.2, 0) is 0 Å². The first-order chi connectivity index (χ1) is 18.2. The summed E-state index contributed by atoms with van der Waals surface area (Å²) in [6.07, 6.45) is 3.59. The third-order valence-corrected chi connectivity index (χ3v) is 5.05. The van der Waals surface area contributed by atoms with Crippen molar-refractivity contribution in [3.8, 4) is 11.5 Å². The lowest BCUT2D eigenvalue weighted by Gasteiger charge is -2.03. The van der Waals surface area contributed by atoms with E-state index < -0.39 is 0 Å². The Balaban J connectivity index is 0. The van der Waals surface area contributed by atoms with Crippen molar-refractivity contribution in [2.24, 2.45) is 0 Å². The molecule has 0 unspecified atom stereocenters.